The van der Waals surface area contributed by atoms with Crippen LogP contribution in [0.5, 0.6) is 0 Å². The van der Waals surface area contributed by atoms with Gasteiger partial charge in [-0.05, 0) is 38.5 Å². The van der Waals surface area contributed by atoms with Crippen LogP contribution in [0.25, 0.3) is 0 Å². The summed E-state index contributed by atoms with van der Waals surface area (Å²) in [7, 11) is 0. The molecule has 0 aromatic carbocycles. The zero-order valence-electron chi connectivity index (χ0n) is 31.8. The van der Waals surface area contributed by atoms with Crippen molar-refractivity contribution in [3.05, 3.63) is 69.3 Å². The van der Waals surface area contributed by atoms with E-state index in [2.05, 4.69) is 54.0 Å². The topological polar surface area (TPSA) is 141 Å². The SMILES string of the molecule is CCCCCCCCOC1=C(OCCCCCCCC)CC2=C(C1)C1=NC3=NC(=NC4=NC(=NC5=NC(=NC2=N1)C1=C5CC=CC1)NN4)C1=C3CC=CC1. The van der Waals surface area contributed by atoms with E-state index in [4.69, 9.17) is 44.4 Å². The lowest BCUT2D eigenvalue weighted by Crippen LogP contribution is -2.32. The molecule has 0 unspecified atom stereocenters. The minimum Gasteiger partial charge on any atom is -0.494 e. The van der Waals surface area contributed by atoms with Gasteiger partial charge in [0, 0.05) is 46.3 Å². The summed E-state index contributed by atoms with van der Waals surface area (Å²) in [5.74, 6) is 6.26. The van der Waals surface area contributed by atoms with E-state index < -0.39 is 0 Å². The van der Waals surface area contributed by atoms with Crippen molar-refractivity contribution in [1.29, 1.82) is 0 Å². The fourth-order valence-corrected chi connectivity index (χ4v) is 7.82. The second kappa shape index (κ2) is 17.0. The Morgan fingerprint density at radius 1 is 0.407 bits per heavy atom. The third-order valence-corrected chi connectivity index (χ3v) is 10.8. The molecule has 5 aliphatic heterocycles. The molecule has 0 radical (unpaired) electrons. The first kappa shape index (κ1) is 36.0. The van der Waals surface area contributed by atoms with E-state index >= 15 is 0 Å². The van der Waals surface area contributed by atoms with Gasteiger partial charge in [-0.1, -0.05) is 102 Å². The van der Waals surface area contributed by atoms with Crippen molar-refractivity contribution < 1.29 is 9.47 Å². The Labute approximate surface area is 318 Å². The Kier molecular flexibility index (Phi) is 11.3. The van der Waals surface area contributed by atoms with Gasteiger partial charge in [0.05, 0.1) is 13.2 Å². The smallest absolute Gasteiger partial charge is 0.247 e. The van der Waals surface area contributed by atoms with E-state index in [9.17, 15) is 0 Å². The molecule has 5 heterocycles. The largest absolute Gasteiger partial charge is 0.494 e. The second-order valence-electron chi connectivity index (χ2n) is 14.8. The fraction of sp³-hybridized carbons (Fsp3) is 0.524. The van der Waals surface area contributed by atoms with E-state index in [1.54, 1.807) is 0 Å². The highest BCUT2D eigenvalue weighted by atomic mass is 16.5. The Hall–Kier alpha value is -5.00. The first-order chi connectivity index (χ1) is 26.7. The van der Waals surface area contributed by atoms with Crippen LogP contribution in [-0.2, 0) is 9.47 Å². The third-order valence-electron chi connectivity index (χ3n) is 10.8. The molecule has 8 rings (SSSR count). The monoisotopic (exact) mass is 728 g/mol. The molecule has 282 valence electrons. The maximum Gasteiger partial charge on any atom is 0.247 e. The number of ether oxygens (including phenoxy) is 2. The molecule has 0 saturated heterocycles. The molecule has 2 N–H and O–H groups in total. The Balaban J connectivity index is 1.14. The maximum absolute atomic E-state index is 6.61. The molecule has 54 heavy (non-hydrogen) atoms. The summed E-state index contributed by atoms with van der Waals surface area (Å²) in [4.78, 5) is 39.8. The van der Waals surface area contributed by atoms with Gasteiger partial charge in [0.25, 0.3) is 0 Å². The van der Waals surface area contributed by atoms with Crippen LogP contribution in [0.15, 0.2) is 109 Å². The van der Waals surface area contributed by atoms with E-state index in [0.29, 0.717) is 73.0 Å². The predicted molar refractivity (Wildman–Crippen MR) is 218 cm³/mol. The number of nitrogens with zero attached hydrogens (tertiary/aromatic N) is 8. The standard InChI is InChI=1S/C42H52N10O2/c1-3-5-7-9-11-17-23-53-33-25-31-32(26-34(33)54-24-18-12-10-8-6-4-2)40-46-36-28-20-14-16-22-30(28)38(44-36)49-42-50-41(51-52-42)48-37-29-21-15-13-19-27(29)35(43-37)45-39(31)47-40/h13-16H,3-12,17-26H2,1-2H3,(H2,43,44,45,46,47,48,49,50,51,52). The van der Waals surface area contributed by atoms with Crippen molar-refractivity contribution in [2.75, 3.05) is 13.2 Å². The van der Waals surface area contributed by atoms with E-state index in [1.807, 2.05) is 0 Å². The Morgan fingerprint density at radius 3 is 1.20 bits per heavy atom. The van der Waals surface area contributed by atoms with Crippen molar-refractivity contribution in [2.24, 2.45) is 39.9 Å². The zero-order valence-corrected chi connectivity index (χ0v) is 31.8. The van der Waals surface area contributed by atoms with Gasteiger partial charge in [-0.25, -0.2) is 25.0 Å². The quantitative estimate of drug-likeness (QED) is 0.121. The fourth-order valence-electron chi connectivity index (χ4n) is 7.82. The lowest BCUT2D eigenvalue weighted by Gasteiger charge is -2.23. The van der Waals surface area contributed by atoms with Crippen LogP contribution < -0.4 is 10.9 Å². The van der Waals surface area contributed by atoms with Crippen molar-refractivity contribution in [3.8, 4) is 0 Å². The molecule has 0 saturated carbocycles. The third kappa shape index (κ3) is 7.93. The number of guanidine groups is 2. The van der Waals surface area contributed by atoms with Crippen LogP contribution in [0.3, 0.4) is 0 Å². The molecule has 3 aliphatic carbocycles. The van der Waals surface area contributed by atoms with Crippen molar-refractivity contribution in [2.45, 2.75) is 129 Å². The van der Waals surface area contributed by atoms with E-state index in [1.165, 1.54) is 64.2 Å². The van der Waals surface area contributed by atoms with Crippen LogP contribution in [0.4, 0.5) is 0 Å². The number of unbranched alkanes of at least 4 members (excludes halogenated alkanes) is 10. The van der Waals surface area contributed by atoms with Gasteiger partial charge in [0.2, 0.25) is 11.9 Å². The van der Waals surface area contributed by atoms with Gasteiger partial charge in [-0.2, -0.15) is 15.0 Å². The predicted octanol–water partition coefficient (Wildman–Crippen LogP) is 8.60. The summed E-state index contributed by atoms with van der Waals surface area (Å²) in [5, 5.41) is 0. The highest BCUT2D eigenvalue weighted by Gasteiger charge is 2.36. The Morgan fingerprint density at radius 2 is 0.759 bits per heavy atom. The van der Waals surface area contributed by atoms with E-state index in [-0.39, 0.29) is 0 Å². The van der Waals surface area contributed by atoms with Gasteiger partial charge in [-0.15, -0.1) is 0 Å². The number of amidine groups is 6. The summed E-state index contributed by atoms with van der Waals surface area (Å²) in [6, 6.07) is 0. The molecular weight excluding hydrogens is 677 g/mol. The molecular formula is C42H52N10O2. The number of hydrogen-bond donors (Lipinski definition) is 2. The van der Waals surface area contributed by atoms with Crippen molar-refractivity contribution >= 4 is 46.9 Å². The van der Waals surface area contributed by atoms with Crippen LogP contribution in [0.1, 0.15) is 129 Å². The highest BCUT2D eigenvalue weighted by Crippen LogP contribution is 2.39. The molecule has 0 fully saturated rings. The molecule has 12 nitrogen and oxygen atoms in total. The number of nitrogens with one attached hydrogen (secondary N) is 2. The number of aliphatic imine (C=N–C) groups is 8. The summed E-state index contributed by atoms with van der Waals surface area (Å²) >= 11 is 0. The number of allylic oxidation sites excluding steroid dienone is 6. The summed E-state index contributed by atoms with van der Waals surface area (Å²) in [6.45, 7) is 5.85. The van der Waals surface area contributed by atoms with Crippen molar-refractivity contribution in [1.82, 2.24) is 10.9 Å². The first-order valence-electron chi connectivity index (χ1n) is 20.4. The Bertz CT molecular complexity index is 1990. The second-order valence-corrected chi connectivity index (χ2v) is 14.8. The number of fused-ring (bicyclic) bond motifs is 10. The van der Waals surface area contributed by atoms with Crippen LogP contribution in [-0.4, -0.2) is 60.1 Å². The molecule has 0 aromatic rings. The summed E-state index contributed by atoms with van der Waals surface area (Å²) in [5.41, 5.74) is 12.4. The zero-order chi connectivity index (χ0) is 36.7. The lowest BCUT2D eigenvalue weighted by atomic mass is 9.94. The average Bonchev–Trinajstić information content (AvgIpc) is 3.96. The van der Waals surface area contributed by atoms with Crippen LogP contribution in [0, 0.1) is 0 Å². The molecule has 8 aliphatic rings. The normalized spacial score (nSPS) is 21.0. The summed E-state index contributed by atoms with van der Waals surface area (Å²) in [6.07, 6.45) is 27.1. The number of hydrogen-bond acceptors (Lipinski definition) is 12. The maximum atomic E-state index is 6.61. The number of rotatable bonds is 16. The minimum atomic E-state index is 0.393. The molecule has 0 aromatic heterocycles. The molecule has 0 spiro atoms. The van der Waals surface area contributed by atoms with Crippen LogP contribution >= 0.6 is 0 Å². The molecule has 0 amide bonds. The first-order valence-corrected chi connectivity index (χ1v) is 20.4. The van der Waals surface area contributed by atoms with Gasteiger partial charge in [-0.3, -0.25) is 10.9 Å². The molecule has 0 atom stereocenters. The lowest BCUT2D eigenvalue weighted by molar-refractivity contribution is 0.138. The summed E-state index contributed by atoms with van der Waals surface area (Å²) < 4.78 is 13.2. The molecule has 8 bridgehead atoms. The average molecular weight is 729 g/mol. The molecule has 12 heteroatoms. The van der Waals surface area contributed by atoms with Gasteiger partial charge >= 0.3 is 0 Å². The number of hydrazine groups is 1. The highest BCUT2D eigenvalue weighted by molar-refractivity contribution is 6.32. The minimum absolute atomic E-state index is 0.393. The van der Waals surface area contributed by atoms with E-state index in [0.717, 1.165) is 83.5 Å². The van der Waals surface area contributed by atoms with Crippen LogP contribution in [0.2, 0.25) is 0 Å². The van der Waals surface area contributed by atoms with Gasteiger partial charge < -0.3 is 9.47 Å². The van der Waals surface area contributed by atoms with Gasteiger partial charge in [0.1, 0.15) is 11.5 Å². The van der Waals surface area contributed by atoms with Gasteiger partial charge in [0.15, 0.2) is 35.0 Å². The van der Waals surface area contributed by atoms with Crippen molar-refractivity contribution in [3.63, 3.8) is 0 Å².